The normalized spacial score (nSPS) is 11.4. The Hall–Kier alpha value is -0.440. The highest BCUT2D eigenvalue weighted by Gasteiger charge is 2.05. The predicted octanol–water partition coefficient (Wildman–Crippen LogP) is 1.28. The lowest BCUT2D eigenvalue weighted by molar-refractivity contribution is 0.601. The van der Waals surface area contributed by atoms with Crippen LogP contribution in [0, 0.1) is 9.39 Å². The zero-order valence-electron chi connectivity index (χ0n) is 8.00. The Morgan fingerprint density at radius 2 is 2.27 bits per heavy atom. The molecule has 0 aliphatic carbocycles. The van der Waals surface area contributed by atoms with Crippen molar-refractivity contribution in [3.63, 3.8) is 0 Å². The van der Waals surface area contributed by atoms with E-state index >= 15 is 0 Å². The van der Waals surface area contributed by atoms with Gasteiger partial charge >= 0.3 is 0 Å². The third kappa shape index (κ3) is 4.74. The Morgan fingerprint density at radius 1 is 1.60 bits per heavy atom. The summed E-state index contributed by atoms with van der Waals surface area (Å²) in [6.07, 6.45) is 2.64. The SMILES string of the molecule is CS(=O)(=O)CCNc1ncc(I)cc1F. The van der Waals surface area contributed by atoms with Crippen LogP contribution in [0.4, 0.5) is 10.2 Å². The summed E-state index contributed by atoms with van der Waals surface area (Å²) >= 11 is 1.95. The van der Waals surface area contributed by atoms with Gasteiger partial charge in [0.2, 0.25) is 0 Å². The van der Waals surface area contributed by atoms with Crippen molar-refractivity contribution < 1.29 is 12.8 Å². The first-order valence-electron chi connectivity index (χ1n) is 4.11. The number of sulfone groups is 1. The van der Waals surface area contributed by atoms with Gasteiger partial charge in [-0.2, -0.15) is 0 Å². The number of nitrogens with zero attached hydrogens (tertiary/aromatic N) is 1. The molecular formula is C8H10FIN2O2S. The Bertz CT molecular complexity index is 450. The minimum atomic E-state index is -3.03. The van der Waals surface area contributed by atoms with E-state index in [0.717, 1.165) is 6.26 Å². The molecule has 0 aliphatic heterocycles. The first-order valence-corrected chi connectivity index (χ1v) is 7.25. The Labute approximate surface area is 101 Å². The van der Waals surface area contributed by atoms with Crippen LogP contribution >= 0.6 is 22.6 Å². The molecule has 7 heteroatoms. The quantitative estimate of drug-likeness (QED) is 0.837. The van der Waals surface area contributed by atoms with Crippen LogP contribution in [0.3, 0.4) is 0 Å². The summed E-state index contributed by atoms with van der Waals surface area (Å²) in [5.74, 6) is -0.436. The molecule has 84 valence electrons. The van der Waals surface area contributed by atoms with E-state index in [0.29, 0.717) is 3.57 Å². The summed E-state index contributed by atoms with van der Waals surface area (Å²) in [6, 6.07) is 1.33. The van der Waals surface area contributed by atoms with E-state index in [4.69, 9.17) is 0 Å². The fraction of sp³-hybridized carbons (Fsp3) is 0.375. The van der Waals surface area contributed by atoms with Gasteiger partial charge in [0.25, 0.3) is 0 Å². The second-order valence-corrected chi connectivity index (χ2v) is 6.55. The van der Waals surface area contributed by atoms with Gasteiger partial charge in [0.15, 0.2) is 11.6 Å². The van der Waals surface area contributed by atoms with Gasteiger partial charge in [-0.05, 0) is 28.7 Å². The van der Waals surface area contributed by atoms with Crippen LogP contribution in [0.5, 0.6) is 0 Å². The van der Waals surface area contributed by atoms with E-state index in [1.165, 1.54) is 12.3 Å². The summed E-state index contributed by atoms with van der Waals surface area (Å²) in [4.78, 5) is 3.81. The largest absolute Gasteiger partial charge is 0.367 e. The number of nitrogens with one attached hydrogen (secondary N) is 1. The fourth-order valence-corrected chi connectivity index (χ4v) is 1.79. The van der Waals surface area contributed by atoms with Crippen LogP contribution in [0.15, 0.2) is 12.3 Å². The highest BCUT2D eigenvalue weighted by Crippen LogP contribution is 2.12. The standard InChI is InChI=1S/C8H10FIN2O2S/c1-15(13,14)3-2-11-8-7(9)4-6(10)5-12-8/h4-5H,2-3H2,1H3,(H,11,12). The van der Waals surface area contributed by atoms with Crippen molar-refractivity contribution >= 4 is 38.2 Å². The summed E-state index contributed by atoms with van der Waals surface area (Å²) in [5, 5.41) is 2.63. The first kappa shape index (κ1) is 12.6. The maximum Gasteiger partial charge on any atom is 0.166 e. The Balaban J connectivity index is 2.59. The van der Waals surface area contributed by atoms with E-state index in [9.17, 15) is 12.8 Å². The molecular weight excluding hydrogens is 334 g/mol. The monoisotopic (exact) mass is 344 g/mol. The van der Waals surface area contributed by atoms with E-state index in [2.05, 4.69) is 10.3 Å². The van der Waals surface area contributed by atoms with Gasteiger partial charge in [-0.25, -0.2) is 17.8 Å². The van der Waals surface area contributed by atoms with E-state index in [1.54, 1.807) is 0 Å². The summed E-state index contributed by atoms with van der Waals surface area (Å²) in [7, 11) is -3.03. The molecule has 0 aliphatic rings. The summed E-state index contributed by atoms with van der Waals surface area (Å²) in [5.41, 5.74) is 0. The van der Waals surface area contributed by atoms with Crippen molar-refractivity contribution in [1.29, 1.82) is 0 Å². The highest BCUT2D eigenvalue weighted by atomic mass is 127. The van der Waals surface area contributed by atoms with Crippen LogP contribution in [-0.2, 0) is 9.84 Å². The molecule has 0 bridgehead atoms. The Kier molecular flexibility index (Phi) is 4.26. The highest BCUT2D eigenvalue weighted by molar-refractivity contribution is 14.1. The van der Waals surface area contributed by atoms with Crippen molar-refractivity contribution in [1.82, 2.24) is 4.98 Å². The van der Waals surface area contributed by atoms with E-state index < -0.39 is 15.7 Å². The van der Waals surface area contributed by atoms with Crippen LogP contribution < -0.4 is 5.32 Å². The van der Waals surface area contributed by atoms with Gasteiger partial charge in [0, 0.05) is 22.6 Å². The van der Waals surface area contributed by atoms with Gasteiger partial charge in [-0.3, -0.25) is 0 Å². The molecule has 0 aromatic carbocycles. The van der Waals surface area contributed by atoms with E-state index in [1.807, 2.05) is 22.6 Å². The third-order valence-electron chi connectivity index (χ3n) is 1.57. The van der Waals surface area contributed by atoms with Crippen molar-refractivity contribution in [3.8, 4) is 0 Å². The van der Waals surface area contributed by atoms with Crippen molar-refractivity contribution in [2.75, 3.05) is 23.9 Å². The molecule has 0 saturated carbocycles. The molecule has 1 heterocycles. The van der Waals surface area contributed by atoms with Gasteiger partial charge in [0.1, 0.15) is 9.84 Å². The minimum absolute atomic E-state index is 0.0416. The molecule has 0 saturated heterocycles. The molecule has 1 rings (SSSR count). The zero-order chi connectivity index (χ0) is 11.5. The molecule has 1 aromatic heterocycles. The second kappa shape index (κ2) is 5.06. The molecule has 15 heavy (non-hydrogen) atoms. The topological polar surface area (TPSA) is 59.1 Å². The lowest BCUT2D eigenvalue weighted by Gasteiger charge is -2.05. The minimum Gasteiger partial charge on any atom is -0.367 e. The molecule has 4 nitrogen and oxygen atoms in total. The number of hydrogen-bond acceptors (Lipinski definition) is 4. The van der Waals surface area contributed by atoms with Gasteiger partial charge < -0.3 is 5.32 Å². The molecule has 0 amide bonds. The molecule has 0 atom stereocenters. The average molecular weight is 344 g/mol. The molecule has 0 radical (unpaired) electrons. The van der Waals surface area contributed by atoms with E-state index in [-0.39, 0.29) is 18.1 Å². The maximum atomic E-state index is 13.2. The molecule has 0 spiro atoms. The predicted molar refractivity (Wildman–Crippen MR) is 65.1 cm³/mol. The number of halogens is 2. The number of rotatable bonds is 4. The molecule has 1 N–H and O–H groups in total. The Morgan fingerprint density at radius 3 is 2.80 bits per heavy atom. The summed E-state index contributed by atoms with van der Waals surface area (Å²) < 4.78 is 35.5. The van der Waals surface area contributed by atoms with Crippen molar-refractivity contribution in [2.24, 2.45) is 0 Å². The smallest absolute Gasteiger partial charge is 0.166 e. The van der Waals surface area contributed by atoms with Gasteiger partial charge in [0.05, 0.1) is 5.75 Å². The number of hydrogen-bond donors (Lipinski definition) is 1. The van der Waals surface area contributed by atoms with Crippen LogP contribution in [-0.4, -0.2) is 32.0 Å². The second-order valence-electron chi connectivity index (χ2n) is 3.04. The van der Waals surface area contributed by atoms with Crippen molar-refractivity contribution in [3.05, 3.63) is 21.7 Å². The zero-order valence-corrected chi connectivity index (χ0v) is 11.0. The fourth-order valence-electron chi connectivity index (χ4n) is 0.899. The maximum absolute atomic E-state index is 13.2. The van der Waals surface area contributed by atoms with Crippen molar-refractivity contribution in [2.45, 2.75) is 0 Å². The van der Waals surface area contributed by atoms with Gasteiger partial charge in [-0.1, -0.05) is 0 Å². The first-order chi connectivity index (χ1) is 6.88. The number of pyridine rings is 1. The molecule has 0 unspecified atom stereocenters. The average Bonchev–Trinajstić information content (AvgIpc) is 2.07. The van der Waals surface area contributed by atoms with Crippen LogP contribution in [0.2, 0.25) is 0 Å². The number of aromatic nitrogens is 1. The molecule has 0 fully saturated rings. The number of anilines is 1. The lowest BCUT2D eigenvalue weighted by atomic mass is 10.4. The van der Waals surface area contributed by atoms with Crippen LogP contribution in [0.25, 0.3) is 0 Å². The summed E-state index contributed by atoms with van der Waals surface area (Å²) in [6.45, 7) is 0.156. The lowest BCUT2D eigenvalue weighted by Crippen LogP contribution is -2.15. The third-order valence-corrected chi connectivity index (χ3v) is 3.11. The molecule has 1 aromatic rings. The van der Waals surface area contributed by atoms with Gasteiger partial charge in [-0.15, -0.1) is 0 Å². The van der Waals surface area contributed by atoms with Crippen LogP contribution in [0.1, 0.15) is 0 Å².